The molecule has 1 aromatic carbocycles. The Labute approximate surface area is 130 Å². The molecule has 0 radical (unpaired) electrons. The van der Waals surface area contributed by atoms with E-state index in [0.717, 1.165) is 11.3 Å². The van der Waals surface area contributed by atoms with Crippen LogP contribution in [0.2, 0.25) is 5.02 Å². The minimum absolute atomic E-state index is 0.126. The predicted molar refractivity (Wildman–Crippen MR) is 84.8 cm³/mol. The molecule has 0 saturated carbocycles. The number of benzene rings is 1. The summed E-state index contributed by atoms with van der Waals surface area (Å²) in [5, 5.41) is 5.06. The van der Waals surface area contributed by atoms with Crippen LogP contribution in [0.5, 0.6) is 0 Å². The van der Waals surface area contributed by atoms with Gasteiger partial charge in [-0.05, 0) is 31.2 Å². The number of ether oxygens (including phenoxy) is 1. The van der Waals surface area contributed by atoms with Crippen LogP contribution in [0.4, 0.5) is 10.8 Å². The number of hydrogen-bond acceptors (Lipinski definition) is 7. The molecular weight excluding hydrogens is 312 g/mol. The quantitative estimate of drug-likeness (QED) is 0.501. The summed E-state index contributed by atoms with van der Waals surface area (Å²) < 4.78 is 4.98. The van der Waals surface area contributed by atoms with Crippen LogP contribution in [-0.4, -0.2) is 23.3 Å². The number of esters is 1. The Kier molecular flexibility index (Phi) is 5.13. The average Bonchev–Trinajstić information content (AvgIpc) is 2.88. The van der Waals surface area contributed by atoms with Crippen molar-refractivity contribution in [2.24, 2.45) is 5.10 Å². The van der Waals surface area contributed by atoms with Crippen LogP contribution in [-0.2, 0) is 9.53 Å². The molecule has 0 amide bonds. The van der Waals surface area contributed by atoms with Crippen LogP contribution in [0.3, 0.4) is 0 Å². The van der Waals surface area contributed by atoms with E-state index in [1.807, 2.05) is 0 Å². The highest BCUT2D eigenvalue weighted by Crippen LogP contribution is 2.18. The van der Waals surface area contributed by atoms with Gasteiger partial charge in [-0.15, -0.1) is 0 Å². The molecule has 0 bridgehead atoms. The SMILES string of the molecule is CCOC(=O)C(=NNc1ccc(Cl)cc1)c1cnc(N)s1. The van der Waals surface area contributed by atoms with Gasteiger partial charge in [0.25, 0.3) is 0 Å². The van der Waals surface area contributed by atoms with E-state index in [-0.39, 0.29) is 12.3 Å². The fourth-order valence-corrected chi connectivity index (χ4v) is 2.23. The van der Waals surface area contributed by atoms with E-state index < -0.39 is 5.97 Å². The first-order chi connectivity index (χ1) is 10.1. The van der Waals surface area contributed by atoms with Crippen LogP contribution in [0.25, 0.3) is 0 Å². The standard InChI is InChI=1S/C13H13ClN4O2S/c1-2-20-12(19)11(10-7-16-13(15)21-10)18-17-9-5-3-8(14)4-6-9/h3-7,17H,2H2,1H3,(H2,15,16). The van der Waals surface area contributed by atoms with Crippen molar-refractivity contribution in [3.8, 4) is 0 Å². The number of hydrazone groups is 1. The lowest BCUT2D eigenvalue weighted by Gasteiger charge is -2.05. The Morgan fingerprint density at radius 3 is 2.76 bits per heavy atom. The topological polar surface area (TPSA) is 89.6 Å². The number of rotatable bonds is 5. The molecule has 3 N–H and O–H groups in total. The minimum Gasteiger partial charge on any atom is -0.461 e. The second-order valence-electron chi connectivity index (χ2n) is 3.86. The van der Waals surface area contributed by atoms with Crippen LogP contribution >= 0.6 is 22.9 Å². The normalized spacial score (nSPS) is 11.2. The summed E-state index contributed by atoms with van der Waals surface area (Å²) in [7, 11) is 0. The molecule has 0 spiro atoms. The lowest BCUT2D eigenvalue weighted by atomic mass is 10.3. The maximum absolute atomic E-state index is 12.0. The van der Waals surface area contributed by atoms with Crippen molar-refractivity contribution in [3.63, 3.8) is 0 Å². The molecule has 0 unspecified atom stereocenters. The number of halogens is 1. The number of aromatic nitrogens is 1. The fourth-order valence-electron chi connectivity index (χ4n) is 1.44. The van der Waals surface area contributed by atoms with Crippen molar-refractivity contribution in [3.05, 3.63) is 40.4 Å². The van der Waals surface area contributed by atoms with Gasteiger partial charge in [0.2, 0.25) is 0 Å². The number of nitrogen functional groups attached to an aromatic ring is 1. The Morgan fingerprint density at radius 2 is 2.19 bits per heavy atom. The van der Waals surface area contributed by atoms with Crippen molar-refractivity contribution in [2.45, 2.75) is 6.92 Å². The molecule has 0 saturated heterocycles. The molecule has 1 aromatic heterocycles. The van der Waals surface area contributed by atoms with Crippen molar-refractivity contribution >= 4 is 45.4 Å². The number of hydrogen-bond donors (Lipinski definition) is 2. The molecule has 110 valence electrons. The van der Waals surface area contributed by atoms with Gasteiger partial charge in [-0.1, -0.05) is 22.9 Å². The van der Waals surface area contributed by atoms with Crippen LogP contribution < -0.4 is 11.2 Å². The maximum Gasteiger partial charge on any atom is 0.360 e. The van der Waals surface area contributed by atoms with Crippen molar-refractivity contribution < 1.29 is 9.53 Å². The van der Waals surface area contributed by atoms with Crippen molar-refractivity contribution in [1.29, 1.82) is 0 Å². The Morgan fingerprint density at radius 1 is 1.48 bits per heavy atom. The molecular formula is C13H13ClN4O2S. The summed E-state index contributed by atoms with van der Waals surface area (Å²) in [4.78, 5) is 16.4. The highest BCUT2D eigenvalue weighted by atomic mass is 35.5. The largest absolute Gasteiger partial charge is 0.461 e. The molecule has 0 aliphatic carbocycles. The molecule has 2 rings (SSSR count). The molecule has 0 aliphatic heterocycles. The highest BCUT2D eigenvalue weighted by molar-refractivity contribution is 7.18. The summed E-state index contributed by atoms with van der Waals surface area (Å²) in [6, 6.07) is 6.92. The van der Waals surface area contributed by atoms with Gasteiger partial charge in [-0.25, -0.2) is 9.78 Å². The summed E-state index contributed by atoms with van der Waals surface area (Å²) in [6.45, 7) is 1.98. The van der Waals surface area contributed by atoms with Gasteiger partial charge >= 0.3 is 5.97 Å². The predicted octanol–water partition coefficient (Wildman–Crippen LogP) is 2.76. The second kappa shape index (κ2) is 7.05. The number of carbonyl (C=O) groups excluding carboxylic acids is 1. The molecule has 6 nitrogen and oxygen atoms in total. The monoisotopic (exact) mass is 324 g/mol. The van der Waals surface area contributed by atoms with Crippen LogP contribution in [0, 0.1) is 0 Å². The van der Waals surface area contributed by atoms with E-state index in [4.69, 9.17) is 22.1 Å². The molecule has 2 aromatic rings. The molecule has 0 aliphatic rings. The van der Waals surface area contributed by atoms with Gasteiger partial charge in [0.15, 0.2) is 10.8 Å². The lowest BCUT2D eigenvalue weighted by molar-refractivity contribution is -0.134. The fraction of sp³-hybridized carbons (Fsp3) is 0.154. The number of carbonyl (C=O) groups is 1. The van der Waals surface area contributed by atoms with Gasteiger partial charge in [0.05, 0.1) is 17.2 Å². The summed E-state index contributed by atoms with van der Waals surface area (Å²) in [6.07, 6.45) is 1.49. The third-order valence-corrected chi connectivity index (χ3v) is 3.45. The number of nitrogens with two attached hydrogens (primary N) is 1. The summed E-state index contributed by atoms with van der Waals surface area (Å²) in [5.74, 6) is -0.539. The number of nitrogens with zero attached hydrogens (tertiary/aromatic N) is 2. The number of thiazole rings is 1. The van der Waals surface area contributed by atoms with Gasteiger partial charge < -0.3 is 10.5 Å². The van der Waals surface area contributed by atoms with E-state index in [1.165, 1.54) is 6.20 Å². The molecule has 0 fully saturated rings. The highest BCUT2D eigenvalue weighted by Gasteiger charge is 2.18. The van der Waals surface area contributed by atoms with E-state index in [0.29, 0.717) is 20.7 Å². The van der Waals surface area contributed by atoms with Crippen molar-refractivity contribution in [2.75, 3.05) is 17.8 Å². The smallest absolute Gasteiger partial charge is 0.360 e. The van der Waals surface area contributed by atoms with E-state index >= 15 is 0 Å². The first kappa shape index (κ1) is 15.3. The zero-order valence-electron chi connectivity index (χ0n) is 11.2. The second-order valence-corrected chi connectivity index (χ2v) is 5.36. The third kappa shape index (κ3) is 4.17. The molecule has 1 heterocycles. The number of nitrogens with one attached hydrogen (secondary N) is 1. The lowest BCUT2D eigenvalue weighted by Crippen LogP contribution is -2.19. The molecule has 8 heteroatoms. The van der Waals surface area contributed by atoms with Gasteiger partial charge in [0, 0.05) is 11.2 Å². The average molecular weight is 325 g/mol. The first-order valence-electron chi connectivity index (χ1n) is 6.08. The van der Waals surface area contributed by atoms with E-state index in [2.05, 4.69) is 15.5 Å². The maximum atomic E-state index is 12.0. The zero-order chi connectivity index (χ0) is 15.2. The summed E-state index contributed by atoms with van der Waals surface area (Å²) in [5.41, 5.74) is 9.18. The molecule has 21 heavy (non-hydrogen) atoms. The zero-order valence-corrected chi connectivity index (χ0v) is 12.7. The van der Waals surface area contributed by atoms with Crippen molar-refractivity contribution in [1.82, 2.24) is 4.98 Å². The number of anilines is 2. The Hall–Kier alpha value is -2.12. The van der Waals surface area contributed by atoms with Gasteiger partial charge in [0.1, 0.15) is 0 Å². The Balaban J connectivity index is 2.24. The van der Waals surface area contributed by atoms with Crippen LogP contribution in [0.1, 0.15) is 11.8 Å². The molecule has 0 atom stereocenters. The van der Waals surface area contributed by atoms with Gasteiger partial charge in [-0.2, -0.15) is 5.10 Å². The van der Waals surface area contributed by atoms with E-state index in [9.17, 15) is 4.79 Å². The van der Waals surface area contributed by atoms with E-state index in [1.54, 1.807) is 31.2 Å². The minimum atomic E-state index is -0.539. The van der Waals surface area contributed by atoms with Crippen LogP contribution in [0.15, 0.2) is 35.6 Å². The Bertz CT molecular complexity index is 654. The summed E-state index contributed by atoms with van der Waals surface area (Å²) >= 11 is 6.97. The van der Waals surface area contributed by atoms with Gasteiger partial charge in [-0.3, -0.25) is 5.43 Å². The first-order valence-corrected chi connectivity index (χ1v) is 7.27. The third-order valence-electron chi connectivity index (χ3n) is 2.37.